The van der Waals surface area contributed by atoms with Gasteiger partial charge in [0.05, 0.1) is 23.1 Å². The zero-order valence-corrected chi connectivity index (χ0v) is 11.5. The first kappa shape index (κ1) is 14.8. The van der Waals surface area contributed by atoms with E-state index in [1.54, 1.807) is 0 Å². The summed E-state index contributed by atoms with van der Waals surface area (Å²) in [5, 5.41) is 13.9. The number of allylic oxidation sites excluding steroid dienone is 1. The van der Waals surface area contributed by atoms with E-state index in [-0.39, 0.29) is 17.5 Å². The number of esters is 1. The fourth-order valence-corrected chi connectivity index (χ4v) is 2.05. The van der Waals surface area contributed by atoms with Gasteiger partial charge in [-0.1, -0.05) is 0 Å². The Morgan fingerprint density at radius 3 is 2.72 bits per heavy atom. The Morgan fingerprint density at radius 1 is 1.50 bits per heavy atom. The molecule has 1 fully saturated rings. The molecule has 0 radical (unpaired) electrons. The average molecular weight is 275 g/mol. The molecule has 0 unspecified atom stereocenters. The molecule has 1 N–H and O–H groups in total. The second-order valence-corrected chi connectivity index (χ2v) is 6.67. The van der Waals surface area contributed by atoms with Crippen LogP contribution in [0.1, 0.15) is 19.3 Å². The van der Waals surface area contributed by atoms with Gasteiger partial charge in [-0.2, -0.15) is 0 Å². The molecule has 0 saturated carbocycles. The molecule has 1 aliphatic heterocycles. The molecular formula is C11H19N2O4S+. The summed E-state index contributed by atoms with van der Waals surface area (Å²) >= 11 is 0. The number of nitro groups is 1. The summed E-state index contributed by atoms with van der Waals surface area (Å²) in [6.45, 7) is 0.910. The predicted molar refractivity (Wildman–Crippen MR) is 70.9 cm³/mol. The van der Waals surface area contributed by atoms with E-state index in [1.165, 1.54) is 0 Å². The number of carbonyl (C=O) groups excluding carboxylic acids is 1. The fourth-order valence-electron chi connectivity index (χ4n) is 1.63. The van der Waals surface area contributed by atoms with Gasteiger partial charge in [0.2, 0.25) is 0 Å². The first-order valence-corrected chi connectivity index (χ1v) is 8.06. The molecule has 1 aliphatic rings. The molecule has 1 rings (SSSR count). The SMILES string of the molecule is C[S+](C)CCOC(=O)C(=C1CCCCN1)[N+](=O)[O-]. The summed E-state index contributed by atoms with van der Waals surface area (Å²) in [5.41, 5.74) is -0.0231. The first-order chi connectivity index (χ1) is 8.52. The summed E-state index contributed by atoms with van der Waals surface area (Å²) in [7, 11) is 0.161. The van der Waals surface area contributed by atoms with Gasteiger partial charge >= 0.3 is 11.7 Å². The maximum absolute atomic E-state index is 11.7. The van der Waals surface area contributed by atoms with Crippen molar-refractivity contribution in [3.8, 4) is 0 Å². The molecule has 7 heteroatoms. The normalized spacial score (nSPS) is 18.2. The lowest BCUT2D eigenvalue weighted by Gasteiger charge is -2.16. The molecule has 0 spiro atoms. The number of nitrogens with zero attached hydrogens (tertiary/aromatic N) is 1. The van der Waals surface area contributed by atoms with Crippen molar-refractivity contribution in [1.29, 1.82) is 0 Å². The summed E-state index contributed by atoms with van der Waals surface area (Å²) in [6, 6.07) is 0. The Morgan fingerprint density at radius 2 is 2.22 bits per heavy atom. The van der Waals surface area contributed by atoms with Gasteiger partial charge < -0.3 is 10.1 Å². The third-order valence-electron chi connectivity index (χ3n) is 2.58. The summed E-state index contributed by atoms with van der Waals surface area (Å²) in [5.74, 6) is -0.0886. The van der Waals surface area contributed by atoms with E-state index in [2.05, 4.69) is 5.32 Å². The van der Waals surface area contributed by atoms with Crippen LogP contribution in [0.2, 0.25) is 0 Å². The maximum atomic E-state index is 11.7. The topological polar surface area (TPSA) is 81.5 Å². The molecule has 1 heterocycles. The van der Waals surface area contributed by atoms with Crippen molar-refractivity contribution in [2.75, 3.05) is 31.4 Å². The highest BCUT2D eigenvalue weighted by molar-refractivity contribution is 7.95. The van der Waals surface area contributed by atoms with Crippen LogP contribution < -0.4 is 5.32 Å². The third-order valence-corrected chi connectivity index (χ3v) is 3.56. The van der Waals surface area contributed by atoms with Crippen LogP contribution in [0.15, 0.2) is 11.4 Å². The highest BCUT2D eigenvalue weighted by Crippen LogP contribution is 2.16. The molecular weight excluding hydrogens is 256 g/mol. The molecule has 6 nitrogen and oxygen atoms in total. The van der Waals surface area contributed by atoms with Gasteiger partial charge in [0, 0.05) is 6.54 Å². The minimum atomic E-state index is -0.824. The number of rotatable bonds is 5. The van der Waals surface area contributed by atoms with E-state index in [9.17, 15) is 14.9 Å². The van der Waals surface area contributed by atoms with Crippen molar-refractivity contribution in [2.45, 2.75) is 19.3 Å². The number of hydrogen-bond acceptors (Lipinski definition) is 5. The number of ether oxygens (including phenoxy) is 1. The van der Waals surface area contributed by atoms with Crippen LogP contribution in [0.3, 0.4) is 0 Å². The lowest BCUT2D eigenvalue weighted by molar-refractivity contribution is -0.423. The monoisotopic (exact) mass is 275 g/mol. The van der Waals surface area contributed by atoms with Crippen LogP contribution >= 0.6 is 0 Å². The zero-order valence-electron chi connectivity index (χ0n) is 10.7. The number of nitrogens with one attached hydrogen (secondary N) is 1. The standard InChI is InChI=1S/C11H18N2O4S/c1-18(2)8-7-17-11(14)10(13(15)16)9-5-3-4-6-12-9/h3-8H2,1-2H3/p+1. The molecule has 1 saturated heterocycles. The summed E-state index contributed by atoms with van der Waals surface area (Å²) < 4.78 is 4.96. The second-order valence-electron chi connectivity index (χ2n) is 4.29. The van der Waals surface area contributed by atoms with Crippen molar-refractivity contribution in [3.63, 3.8) is 0 Å². The van der Waals surface area contributed by atoms with E-state index in [0.29, 0.717) is 18.7 Å². The Balaban J connectivity index is 2.66. The van der Waals surface area contributed by atoms with Crippen molar-refractivity contribution >= 4 is 16.9 Å². The molecule has 0 aromatic carbocycles. The zero-order chi connectivity index (χ0) is 13.5. The van der Waals surface area contributed by atoms with Crippen LogP contribution in [-0.4, -0.2) is 42.3 Å². The molecule has 0 amide bonds. The van der Waals surface area contributed by atoms with Crippen LogP contribution in [0, 0.1) is 10.1 Å². The molecule has 0 bridgehead atoms. The van der Waals surface area contributed by atoms with Crippen LogP contribution in [0.4, 0.5) is 0 Å². The first-order valence-electron chi connectivity index (χ1n) is 5.85. The third kappa shape index (κ3) is 4.56. The fraction of sp³-hybridized carbons (Fsp3) is 0.727. The van der Waals surface area contributed by atoms with Gasteiger partial charge in [0.1, 0.15) is 12.4 Å². The van der Waals surface area contributed by atoms with E-state index in [4.69, 9.17) is 4.74 Å². The second kappa shape index (κ2) is 7.25. The van der Waals surface area contributed by atoms with Gasteiger partial charge in [-0.05, 0) is 30.2 Å². The van der Waals surface area contributed by atoms with Crippen LogP contribution in [0.25, 0.3) is 0 Å². The predicted octanol–water partition coefficient (Wildman–Crippen LogP) is 0.669. The number of piperidine rings is 1. The van der Waals surface area contributed by atoms with E-state index in [1.807, 2.05) is 12.5 Å². The molecule has 0 atom stereocenters. The van der Waals surface area contributed by atoms with Crippen molar-refractivity contribution < 1.29 is 14.5 Å². The lowest BCUT2D eigenvalue weighted by atomic mass is 10.1. The minimum absolute atomic E-state index is 0.161. The highest BCUT2D eigenvalue weighted by atomic mass is 32.2. The molecule has 102 valence electrons. The molecule has 0 aliphatic carbocycles. The molecule has 0 aromatic heterocycles. The lowest BCUT2D eigenvalue weighted by Crippen LogP contribution is -2.28. The largest absolute Gasteiger partial charge is 0.453 e. The summed E-state index contributed by atoms with van der Waals surface area (Å²) in [4.78, 5) is 22.0. The Kier molecular flexibility index (Phi) is 5.97. The van der Waals surface area contributed by atoms with Gasteiger partial charge in [-0.15, -0.1) is 0 Å². The summed E-state index contributed by atoms with van der Waals surface area (Å²) in [6.07, 6.45) is 6.43. The molecule has 18 heavy (non-hydrogen) atoms. The van der Waals surface area contributed by atoms with Gasteiger partial charge in [0.15, 0.2) is 0 Å². The van der Waals surface area contributed by atoms with Gasteiger partial charge in [0.25, 0.3) is 0 Å². The average Bonchev–Trinajstić information content (AvgIpc) is 2.29. The Labute approximate surface area is 109 Å². The van der Waals surface area contributed by atoms with E-state index in [0.717, 1.165) is 18.6 Å². The van der Waals surface area contributed by atoms with Crippen LogP contribution in [-0.2, 0) is 20.4 Å². The van der Waals surface area contributed by atoms with E-state index >= 15 is 0 Å². The van der Waals surface area contributed by atoms with Crippen molar-refractivity contribution in [2.24, 2.45) is 0 Å². The maximum Gasteiger partial charge on any atom is 0.411 e. The minimum Gasteiger partial charge on any atom is -0.453 e. The highest BCUT2D eigenvalue weighted by Gasteiger charge is 2.30. The van der Waals surface area contributed by atoms with Gasteiger partial charge in [-0.3, -0.25) is 10.1 Å². The smallest absolute Gasteiger partial charge is 0.411 e. The number of carbonyl (C=O) groups is 1. The quantitative estimate of drug-likeness (QED) is 0.262. The van der Waals surface area contributed by atoms with Crippen molar-refractivity contribution in [3.05, 3.63) is 21.5 Å². The van der Waals surface area contributed by atoms with Crippen LogP contribution in [0.5, 0.6) is 0 Å². The Bertz CT molecular complexity index is 347. The molecule has 0 aromatic rings. The van der Waals surface area contributed by atoms with Crippen molar-refractivity contribution in [1.82, 2.24) is 5.32 Å². The van der Waals surface area contributed by atoms with E-state index < -0.39 is 16.6 Å². The Hall–Kier alpha value is -1.24. The number of hydrogen-bond donors (Lipinski definition) is 1. The van der Waals surface area contributed by atoms with Gasteiger partial charge in [-0.25, -0.2) is 4.79 Å².